The molecule has 57 heavy (non-hydrogen) atoms. The molecule has 0 atom stereocenters. The Labute approximate surface area is 331 Å². The lowest BCUT2D eigenvalue weighted by Crippen LogP contribution is -1.91. The summed E-state index contributed by atoms with van der Waals surface area (Å²) >= 11 is 0. The normalized spacial score (nSPS) is 12.8. The van der Waals surface area contributed by atoms with E-state index in [0.29, 0.717) is 0 Å². The number of pyridine rings is 1. The third-order valence-electron chi connectivity index (χ3n) is 11.5. The van der Waals surface area contributed by atoms with Crippen LogP contribution in [-0.4, -0.2) is 4.98 Å². The zero-order valence-electron chi connectivity index (χ0n) is 31.3. The van der Waals surface area contributed by atoms with Gasteiger partial charge < -0.3 is 4.42 Å². The van der Waals surface area contributed by atoms with Gasteiger partial charge in [-0.2, -0.15) is 0 Å². The van der Waals surface area contributed by atoms with E-state index in [4.69, 9.17) is 9.40 Å². The van der Waals surface area contributed by atoms with Crippen molar-refractivity contribution in [2.24, 2.45) is 0 Å². The minimum absolute atomic E-state index is 0.898. The van der Waals surface area contributed by atoms with Crippen LogP contribution in [0.15, 0.2) is 205 Å². The van der Waals surface area contributed by atoms with Crippen LogP contribution in [0.25, 0.3) is 105 Å². The van der Waals surface area contributed by atoms with Gasteiger partial charge in [-0.15, -0.1) is 0 Å². The van der Waals surface area contributed by atoms with Crippen LogP contribution in [0.3, 0.4) is 0 Å². The van der Waals surface area contributed by atoms with Crippen molar-refractivity contribution in [1.29, 1.82) is 0 Å². The molecule has 2 heterocycles. The molecule has 2 nitrogen and oxygen atoms in total. The predicted molar refractivity (Wildman–Crippen MR) is 240 cm³/mol. The molecule has 0 N–H and O–H groups in total. The Kier molecular flexibility index (Phi) is 8.00. The van der Waals surface area contributed by atoms with Crippen molar-refractivity contribution in [3.05, 3.63) is 206 Å². The second-order valence-electron chi connectivity index (χ2n) is 15.0. The van der Waals surface area contributed by atoms with Gasteiger partial charge in [-0.05, 0) is 105 Å². The molecule has 0 radical (unpaired) electrons. The van der Waals surface area contributed by atoms with E-state index < -0.39 is 0 Å². The molecule has 0 spiro atoms. The Morgan fingerprint density at radius 2 is 0.912 bits per heavy atom. The van der Waals surface area contributed by atoms with Crippen LogP contribution in [0.4, 0.5) is 0 Å². The van der Waals surface area contributed by atoms with Gasteiger partial charge in [-0.3, -0.25) is 0 Å². The molecule has 268 valence electrons. The quantitative estimate of drug-likeness (QED) is 0.159. The first-order valence-electron chi connectivity index (χ1n) is 19.8. The van der Waals surface area contributed by atoms with Crippen LogP contribution < -0.4 is 0 Å². The second kappa shape index (κ2) is 13.8. The summed E-state index contributed by atoms with van der Waals surface area (Å²) in [6.07, 6.45) is 9.07. The monoisotopic (exact) mass is 727 g/mol. The van der Waals surface area contributed by atoms with Crippen LogP contribution in [0.2, 0.25) is 0 Å². The lowest BCUT2D eigenvalue weighted by Gasteiger charge is -2.14. The fourth-order valence-corrected chi connectivity index (χ4v) is 8.55. The van der Waals surface area contributed by atoms with Gasteiger partial charge in [0.2, 0.25) is 0 Å². The molecule has 11 rings (SSSR count). The largest absolute Gasteiger partial charge is 0.455 e. The SMILES string of the molecule is C1=CC(c2ccc(-c3cc(-c4ccc(-c5ccccc5)cc4)cc(-c4ccc(-c5nc6ccccc6c6c5ccc5c7ccccc7oc56)cc4)c3)cc2)=CCC1. The maximum absolute atomic E-state index is 6.57. The number of benzene rings is 8. The molecule has 8 aromatic carbocycles. The standard InChI is InChI=1S/C55H37NO/c1-3-11-36(12-4-1)38-19-23-40(24-20-38)44-33-45(41-25-21-39(22-26-41)37-13-5-2-6-14-37)35-46(34-44)42-27-29-43(30-28-42)54-50-32-31-48-47-15-8-10-18-52(47)57-55(48)53(50)49-16-7-9-17-51(49)56-54/h1,3-5,7-35H,2,6H2. The molecule has 0 aliphatic heterocycles. The van der Waals surface area contributed by atoms with Crippen molar-refractivity contribution in [2.75, 3.05) is 0 Å². The van der Waals surface area contributed by atoms with Crippen molar-refractivity contribution < 1.29 is 4.42 Å². The summed E-state index contributed by atoms with van der Waals surface area (Å²) in [6, 6.07) is 65.5. The summed E-state index contributed by atoms with van der Waals surface area (Å²) in [6.45, 7) is 0. The van der Waals surface area contributed by atoms with Crippen LogP contribution in [0.1, 0.15) is 18.4 Å². The lowest BCUT2D eigenvalue weighted by molar-refractivity contribution is 0.673. The highest BCUT2D eigenvalue weighted by molar-refractivity contribution is 6.24. The lowest BCUT2D eigenvalue weighted by atomic mass is 9.91. The topological polar surface area (TPSA) is 26.0 Å². The van der Waals surface area contributed by atoms with Gasteiger partial charge in [0.05, 0.1) is 11.2 Å². The molecule has 0 saturated carbocycles. The highest BCUT2D eigenvalue weighted by Gasteiger charge is 2.18. The van der Waals surface area contributed by atoms with Crippen molar-refractivity contribution in [1.82, 2.24) is 4.98 Å². The number of para-hydroxylation sites is 2. The van der Waals surface area contributed by atoms with E-state index >= 15 is 0 Å². The Hall–Kier alpha value is -7.29. The maximum Gasteiger partial charge on any atom is 0.144 e. The number of nitrogens with zero attached hydrogens (tertiary/aromatic N) is 1. The number of aromatic nitrogens is 1. The zero-order chi connectivity index (χ0) is 37.7. The number of fused-ring (bicyclic) bond motifs is 7. The van der Waals surface area contributed by atoms with Gasteiger partial charge >= 0.3 is 0 Å². The Morgan fingerprint density at radius 3 is 1.56 bits per heavy atom. The highest BCUT2D eigenvalue weighted by atomic mass is 16.3. The first-order chi connectivity index (χ1) is 28.2. The molecule has 0 unspecified atom stereocenters. The molecular weight excluding hydrogens is 691 g/mol. The van der Waals surface area contributed by atoms with Crippen LogP contribution in [0, 0.1) is 0 Å². The smallest absolute Gasteiger partial charge is 0.144 e. The minimum atomic E-state index is 0.898. The zero-order valence-corrected chi connectivity index (χ0v) is 31.3. The fourth-order valence-electron chi connectivity index (χ4n) is 8.55. The average Bonchev–Trinajstić information content (AvgIpc) is 3.68. The van der Waals surface area contributed by atoms with Gasteiger partial charge in [0, 0.05) is 32.5 Å². The summed E-state index contributed by atoms with van der Waals surface area (Å²) < 4.78 is 6.57. The number of hydrogen-bond donors (Lipinski definition) is 0. The van der Waals surface area contributed by atoms with Crippen molar-refractivity contribution in [2.45, 2.75) is 12.8 Å². The van der Waals surface area contributed by atoms with E-state index in [2.05, 4.69) is 188 Å². The van der Waals surface area contributed by atoms with E-state index in [9.17, 15) is 0 Å². The van der Waals surface area contributed by atoms with Crippen molar-refractivity contribution in [3.8, 4) is 55.8 Å². The average molecular weight is 728 g/mol. The minimum Gasteiger partial charge on any atom is -0.455 e. The van der Waals surface area contributed by atoms with Gasteiger partial charge in [0.25, 0.3) is 0 Å². The van der Waals surface area contributed by atoms with Crippen LogP contribution in [0.5, 0.6) is 0 Å². The number of allylic oxidation sites excluding steroid dienone is 4. The Balaban J connectivity index is 1.02. The first-order valence-corrected chi connectivity index (χ1v) is 19.8. The first kappa shape index (κ1) is 33.1. The summed E-state index contributed by atoms with van der Waals surface area (Å²) in [5, 5.41) is 5.53. The van der Waals surface area contributed by atoms with Gasteiger partial charge in [-0.1, -0.05) is 164 Å². The molecular formula is C55H37NO. The molecule has 1 aliphatic rings. The summed E-state index contributed by atoms with van der Waals surface area (Å²) in [5.41, 5.74) is 16.9. The fraction of sp³-hybridized carbons (Fsp3) is 0.0364. The Morgan fingerprint density at radius 1 is 0.386 bits per heavy atom. The van der Waals surface area contributed by atoms with Crippen molar-refractivity contribution in [3.63, 3.8) is 0 Å². The van der Waals surface area contributed by atoms with Gasteiger partial charge in [-0.25, -0.2) is 4.98 Å². The van der Waals surface area contributed by atoms with E-state index in [-0.39, 0.29) is 0 Å². The predicted octanol–water partition coefficient (Wildman–Crippen LogP) is 15.4. The molecule has 2 heteroatoms. The van der Waals surface area contributed by atoms with E-state index in [1.165, 1.54) is 50.1 Å². The molecule has 2 aromatic heterocycles. The third kappa shape index (κ3) is 5.94. The highest BCUT2D eigenvalue weighted by Crippen LogP contribution is 2.41. The number of rotatable bonds is 6. The molecule has 1 aliphatic carbocycles. The second-order valence-corrected chi connectivity index (χ2v) is 15.0. The van der Waals surface area contributed by atoms with Gasteiger partial charge in [0.1, 0.15) is 11.2 Å². The molecule has 0 saturated heterocycles. The number of furan rings is 1. The summed E-state index contributed by atoms with van der Waals surface area (Å²) in [5.74, 6) is 0. The van der Waals surface area contributed by atoms with E-state index in [1.54, 1.807) is 0 Å². The molecule has 0 amide bonds. The van der Waals surface area contributed by atoms with E-state index in [1.807, 2.05) is 12.1 Å². The number of hydrogen-bond acceptors (Lipinski definition) is 2. The Bertz CT molecular complexity index is 3180. The molecule has 10 aromatic rings. The van der Waals surface area contributed by atoms with E-state index in [0.717, 1.165) is 73.3 Å². The van der Waals surface area contributed by atoms with Crippen molar-refractivity contribution >= 4 is 49.2 Å². The van der Waals surface area contributed by atoms with Gasteiger partial charge in [0.15, 0.2) is 0 Å². The molecule has 0 bridgehead atoms. The maximum atomic E-state index is 6.57. The third-order valence-corrected chi connectivity index (χ3v) is 11.5. The van der Waals surface area contributed by atoms with Crippen LogP contribution >= 0.6 is 0 Å². The van der Waals surface area contributed by atoms with Crippen LogP contribution in [-0.2, 0) is 0 Å². The summed E-state index contributed by atoms with van der Waals surface area (Å²) in [7, 11) is 0. The summed E-state index contributed by atoms with van der Waals surface area (Å²) in [4.78, 5) is 5.26. The molecule has 0 fully saturated rings.